The van der Waals surface area contributed by atoms with Gasteiger partial charge in [-0.3, -0.25) is 9.69 Å². The van der Waals surface area contributed by atoms with Crippen LogP contribution in [-0.4, -0.2) is 59.1 Å². The Kier molecular flexibility index (Phi) is 3.10. The number of amides is 1. The van der Waals surface area contributed by atoms with Crippen LogP contribution < -0.4 is 0 Å². The Morgan fingerprint density at radius 2 is 2.06 bits per heavy atom. The number of hydrogen-bond donors (Lipinski definition) is 1. The van der Waals surface area contributed by atoms with E-state index in [1.165, 1.54) is 6.42 Å². The van der Waals surface area contributed by atoms with Crippen molar-refractivity contribution in [3.05, 3.63) is 0 Å². The molecule has 4 nitrogen and oxygen atoms in total. The molecule has 1 N–H and O–H groups in total. The number of rotatable bonds is 1. The highest BCUT2D eigenvalue weighted by Gasteiger charge is 2.46. The lowest BCUT2D eigenvalue weighted by Crippen LogP contribution is -2.56. The van der Waals surface area contributed by atoms with Crippen LogP contribution in [0.25, 0.3) is 0 Å². The third-order valence-corrected chi connectivity index (χ3v) is 5.30. The molecule has 3 aliphatic rings. The Morgan fingerprint density at radius 1 is 1.22 bits per heavy atom. The summed E-state index contributed by atoms with van der Waals surface area (Å²) >= 11 is 0. The van der Waals surface area contributed by atoms with Gasteiger partial charge in [-0.1, -0.05) is 12.8 Å². The molecule has 0 bridgehead atoms. The lowest BCUT2D eigenvalue weighted by molar-refractivity contribution is -0.137. The van der Waals surface area contributed by atoms with Gasteiger partial charge in [0.2, 0.25) is 5.91 Å². The molecule has 0 spiro atoms. The van der Waals surface area contributed by atoms with Crippen LogP contribution in [0.1, 0.15) is 38.5 Å². The average molecular weight is 252 g/mol. The summed E-state index contributed by atoms with van der Waals surface area (Å²) in [6.45, 7) is 2.69. The Balaban J connectivity index is 1.69. The number of nitrogens with zero attached hydrogens (tertiary/aromatic N) is 2. The normalized spacial score (nSPS) is 42.1. The molecule has 102 valence electrons. The van der Waals surface area contributed by atoms with Crippen LogP contribution in [0.15, 0.2) is 0 Å². The van der Waals surface area contributed by atoms with E-state index in [-0.39, 0.29) is 11.9 Å². The summed E-state index contributed by atoms with van der Waals surface area (Å²) < 4.78 is 0. The Morgan fingerprint density at radius 3 is 2.78 bits per heavy atom. The van der Waals surface area contributed by atoms with E-state index in [0.29, 0.717) is 5.92 Å². The lowest BCUT2D eigenvalue weighted by atomic mass is 9.71. The summed E-state index contributed by atoms with van der Waals surface area (Å²) in [5.41, 5.74) is -0.428. The molecule has 3 rings (SSSR count). The zero-order valence-electron chi connectivity index (χ0n) is 11.3. The summed E-state index contributed by atoms with van der Waals surface area (Å²) in [5, 5.41) is 10.6. The number of likely N-dealkylation sites (N-methyl/N-ethyl adjacent to an activating group) is 1. The topological polar surface area (TPSA) is 43.8 Å². The second-order valence-corrected chi connectivity index (χ2v) is 6.36. The van der Waals surface area contributed by atoms with Crippen LogP contribution >= 0.6 is 0 Å². The van der Waals surface area contributed by atoms with Crippen LogP contribution in [0.4, 0.5) is 0 Å². The van der Waals surface area contributed by atoms with E-state index in [4.69, 9.17) is 0 Å². The number of likely N-dealkylation sites (tertiary alicyclic amines) is 2. The van der Waals surface area contributed by atoms with Crippen molar-refractivity contribution in [2.75, 3.05) is 26.7 Å². The van der Waals surface area contributed by atoms with Gasteiger partial charge in [0.15, 0.2) is 0 Å². The molecule has 1 saturated carbocycles. The zero-order valence-corrected chi connectivity index (χ0v) is 11.3. The first-order chi connectivity index (χ1) is 8.60. The molecule has 3 unspecified atom stereocenters. The van der Waals surface area contributed by atoms with Crippen LogP contribution in [0.5, 0.6) is 0 Å². The molecule has 0 aromatic carbocycles. The number of carbonyl (C=O) groups is 1. The first kappa shape index (κ1) is 12.4. The molecular formula is C14H24N2O2. The van der Waals surface area contributed by atoms with Gasteiger partial charge in [-0.15, -0.1) is 0 Å². The van der Waals surface area contributed by atoms with E-state index in [0.717, 1.165) is 51.7 Å². The molecule has 4 heteroatoms. The van der Waals surface area contributed by atoms with E-state index in [1.54, 1.807) is 0 Å². The smallest absolute Gasteiger partial charge is 0.239 e. The highest BCUT2D eigenvalue weighted by Crippen LogP contribution is 2.40. The summed E-state index contributed by atoms with van der Waals surface area (Å²) in [4.78, 5) is 16.2. The van der Waals surface area contributed by atoms with E-state index < -0.39 is 5.60 Å². The van der Waals surface area contributed by atoms with Crippen molar-refractivity contribution in [2.24, 2.45) is 5.92 Å². The molecule has 0 aromatic heterocycles. The second kappa shape index (κ2) is 4.49. The van der Waals surface area contributed by atoms with Crippen molar-refractivity contribution in [1.82, 2.24) is 9.80 Å². The Labute approximate surface area is 109 Å². The summed E-state index contributed by atoms with van der Waals surface area (Å²) in [7, 11) is 1.89. The third kappa shape index (κ3) is 1.95. The van der Waals surface area contributed by atoms with Crippen LogP contribution in [0.2, 0.25) is 0 Å². The maximum atomic E-state index is 12.1. The molecule has 0 radical (unpaired) electrons. The first-order valence-corrected chi connectivity index (χ1v) is 7.31. The maximum absolute atomic E-state index is 12.1. The quantitative estimate of drug-likeness (QED) is 0.752. The minimum absolute atomic E-state index is 0.0847. The van der Waals surface area contributed by atoms with Gasteiger partial charge >= 0.3 is 0 Å². The number of fused-ring (bicyclic) bond motifs is 1. The highest BCUT2D eigenvalue weighted by atomic mass is 16.3. The summed E-state index contributed by atoms with van der Waals surface area (Å²) in [5.74, 6) is 0.662. The van der Waals surface area contributed by atoms with Crippen molar-refractivity contribution in [3.8, 4) is 0 Å². The summed E-state index contributed by atoms with van der Waals surface area (Å²) in [6, 6.07) is 0.0847. The van der Waals surface area contributed by atoms with E-state index in [9.17, 15) is 9.90 Å². The average Bonchev–Trinajstić information content (AvgIpc) is 2.69. The van der Waals surface area contributed by atoms with E-state index >= 15 is 0 Å². The Hall–Kier alpha value is -0.610. The van der Waals surface area contributed by atoms with Crippen molar-refractivity contribution in [3.63, 3.8) is 0 Å². The molecule has 0 aromatic rings. The number of hydrogen-bond acceptors (Lipinski definition) is 3. The monoisotopic (exact) mass is 252 g/mol. The molecule has 1 amide bonds. The fourth-order valence-electron chi connectivity index (χ4n) is 4.02. The van der Waals surface area contributed by atoms with Gasteiger partial charge in [-0.05, 0) is 25.7 Å². The van der Waals surface area contributed by atoms with Gasteiger partial charge in [0, 0.05) is 32.6 Å². The Bertz CT molecular complexity index is 347. The van der Waals surface area contributed by atoms with Gasteiger partial charge in [0.25, 0.3) is 0 Å². The number of piperidine rings is 1. The van der Waals surface area contributed by atoms with E-state index in [1.807, 2.05) is 11.9 Å². The van der Waals surface area contributed by atoms with Crippen molar-refractivity contribution in [1.29, 1.82) is 0 Å². The third-order valence-electron chi connectivity index (χ3n) is 5.30. The predicted octanol–water partition coefficient (Wildman–Crippen LogP) is 0.844. The molecule has 3 atom stereocenters. The SMILES string of the molecule is CN1CCC(N2CCC3(O)CCCCC3C2)C1=O. The van der Waals surface area contributed by atoms with Gasteiger partial charge in [-0.25, -0.2) is 0 Å². The molecule has 2 heterocycles. The molecule has 3 fully saturated rings. The molecule has 18 heavy (non-hydrogen) atoms. The zero-order chi connectivity index (χ0) is 12.8. The van der Waals surface area contributed by atoms with Crippen LogP contribution in [0, 0.1) is 5.92 Å². The molecule has 2 saturated heterocycles. The molecule has 2 aliphatic heterocycles. The fraction of sp³-hybridized carbons (Fsp3) is 0.929. The standard InChI is InChI=1S/C14H24N2O2/c1-15-8-5-12(13(15)17)16-9-7-14(18)6-3-2-4-11(14)10-16/h11-12,18H,2-10H2,1H3. The minimum Gasteiger partial charge on any atom is -0.390 e. The van der Waals surface area contributed by atoms with Crippen molar-refractivity contribution >= 4 is 5.91 Å². The fourth-order valence-corrected chi connectivity index (χ4v) is 4.02. The number of carbonyl (C=O) groups excluding carboxylic acids is 1. The van der Waals surface area contributed by atoms with Crippen LogP contribution in [0.3, 0.4) is 0 Å². The van der Waals surface area contributed by atoms with Crippen LogP contribution in [-0.2, 0) is 4.79 Å². The second-order valence-electron chi connectivity index (χ2n) is 6.36. The van der Waals surface area contributed by atoms with Gasteiger partial charge in [-0.2, -0.15) is 0 Å². The van der Waals surface area contributed by atoms with Gasteiger partial charge in [0.1, 0.15) is 0 Å². The lowest BCUT2D eigenvalue weighted by Gasteiger charge is -2.48. The maximum Gasteiger partial charge on any atom is 0.239 e. The van der Waals surface area contributed by atoms with Gasteiger partial charge < -0.3 is 10.0 Å². The van der Waals surface area contributed by atoms with Crippen molar-refractivity contribution in [2.45, 2.75) is 50.2 Å². The number of aliphatic hydroxyl groups is 1. The first-order valence-electron chi connectivity index (χ1n) is 7.31. The van der Waals surface area contributed by atoms with Crippen molar-refractivity contribution < 1.29 is 9.90 Å². The molecule has 1 aliphatic carbocycles. The largest absolute Gasteiger partial charge is 0.390 e. The predicted molar refractivity (Wildman–Crippen MR) is 69.1 cm³/mol. The minimum atomic E-state index is -0.428. The van der Waals surface area contributed by atoms with Gasteiger partial charge in [0.05, 0.1) is 11.6 Å². The summed E-state index contributed by atoms with van der Waals surface area (Å²) in [6.07, 6.45) is 6.30. The van der Waals surface area contributed by atoms with E-state index in [2.05, 4.69) is 4.90 Å². The highest BCUT2D eigenvalue weighted by molar-refractivity contribution is 5.83. The molecular weight excluding hydrogens is 228 g/mol.